The third-order valence-corrected chi connectivity index (χ3v) is 7.64. The summed E-state index contributed by atoms with van der Waals surface area (Å²) < 4.78 is 13.5. The fraction of sp³-hybridized carbons (Fsp3) is 0.355. The van der Waals surface area contributed by atoms with Crippen molar-refractivity contribution in [2.75, 3.05) is 24.8 Å². The van der Waals surface area contributed by atoms with Gasteiger partial charge in [0.15, 0.2) is 0 Å². The van der Waals surface area contributed by atoms with Crippen LogP contribution in [0.5, 0.6) is 17.2 Å². The van der Waals surface area contributed by atoms with Gasteiger partial charge < -0.3 is 20.1 Å². The number of nitrogens with zero attached hydrogens (tertiary/aromatic N) is 3. The van der Waals surface area contributed by atoms with Crippen molar-refractivity contribution < 1.29 is 19.1 Å². The molecular weight excluding hydrogens is 556 g/mol. The third-order valence-electron chi connectivity index (χ3n) is 7.33. The van der Waals surface area contributed by atoms with E-state index in [0.29, 0.717) is 50.2 Å². The van der Waals surface area contributed by atoms with E-state index in [1.54, 1.807) is 49.6 Å². The highest BCUT2D eigenvalue weighted by molar-refractivity contribution is 6.34. The van der Waals surface area contributed by atoms with Gasteiger partial charge in [-0.2, -0.15) is 5.10 Å². The Balaban J connectivity index is 1.34. The molecule has 1 aliphatic rings. The molecule has 0 unspecified atom stereocenters. The van der Waals surface area contributed by atoms with E-state index in [1.165, 1.54) is 7.11 Å². The van der Waals surface area contributed by atoms with Crippen LogP contribution in [-0.2, 0) is 5.41 Å². The number of benzene rings is 2. The number of methoxy groups -OCH3 is 1. The molecule has 1 saturated carbocycles. The van der Waals surface area contributed by atoms with Crippen molar-refractivity contribution >= 4 is 45.9 Å². The Bertz CT molecular complexity index is 1640. The second-order valence-electron chi connectivity index (χ2n) is 11.3. The fourth-order valence-electron chi connectivity index (χ4n) is 5.06. The predicted molar refractivity (Wildman–Crippen MR) is 164 cm³/mol. The highest BCUT2D eigenvalue weighted by atomic mass is 35.5. The number of rotatable bonds is 7. The number of hydrogen-bond acceptors (Lipinski definition) is 6. The van der Waals surface area contributed by atoms with Gasteiger partial charge >= 0.3 is 6.03 Å². The molecule has 2 heterocycles. The van der Waals surface area contributed by atoms with Gasteiger partial charge in [-0.15, -0.1) is 0 Å². The van der Waals surface area contributed by atoms with Crippen LogP contribution in [0.15, 0.2) is 48.7 Å². The van der Waals surface area contributed by atoms with Crippen LogP contribution in [0, 0.1) is 0 Å². The molecule has 11 heteroatoms. The highest BCUT2D eigenvalue weighted by Crippen LogP contribution is 2.36. The summed E-state index contributed by atoms with van der Waals surface area (Å²) >= 11 is 6.56. The molecule has 3 N–H and O–H groups in total. The summed E-state index contributed by atoms with van der Waals surface area (Å²) in [6.07, 6.45) is 6.01. The smallest absolute Gasteiger partial charge is 0.324 e. The lowest BCUT2D eigenvalue weighted by Crippen LogP contribution is -2.22. The Morgan fingerprint density at radius 3 is 2.45 bits per heavy atom. The van der Waals surface area contributed by atoms with Crippen LogP contribution in [0.25, 0.3) is 10.9 Å². The van der Waals surface area contributed by atoms with Crippen molar-refractivity contribution in [2.24, 2.45) is 0 Å². The zero-order valence-electron chi connectivity index (χ0n) is 24.4. The number of carbonyl (C=O) groups excluding carboxylic acids is 2. The average Bonchev–Trinajstić information content (AvgIpc) is 3.64. The number of hydrogen-bond donors (Lipinski definition) is 3. The molecule has 0 radical (unpaired) electrons. The second kappa shape index (κ2) is 11.9. The highest BCUT2D eigenvalue weighted by Gasteiger charge is 2.26. The van der Waals surface area contributed by atoms with Gasteiger partial charge in [-0.3, -0.25) is 15.1 Å². The summed E-state index contributed by atoms with van der Waals surface area (Å²) in [4.78, 5) is 29.8. The fourth-order valence-corrected chi connectivity index (χ4v) is 5.28. The van der Waals surface area contributed by atoms with Crippen LogP contribution in [-0.4, -0.2) is 40.9 Å². The van der Waals surface area contributed by atoms with Crippen molar-refractivity contribution in [1.82, 2.24) is 20.1 Å². The summed E-state index contributed by atoms with van der Waals surface area (Å²) in [5, 5.41) is 14.2. The number of urea groups is 1. The first-order chi connectivity index (χ1) is 20.1. The molecule has 1 fully saturated rings. The molecule has 2 aromatic heterocycles. The molecule has 220 valence electrons. The normalized spacial score (nSPS) is 13.7. The third kappa shape index (κ3) is 6.13. The van der Waals surface area contributed by atoms with Crippen LogP contribution < -0.4 is 25.4 Å². The number of carbonyl (C=O) groups is 2. The van der Waals surface area contributed by atoms with E-state index in [9.17, 15) is 9.59 Å². The molecule has 2 aromatic carbocycles. The zero-order valence-corrected chi connectivity index (χ0v) is 25.1. The lowest BCUT2D eigenvalue weighted by molar-refractivity contribution is 0.0960. The molecule has 0 saturated heterocycles. The summed E-state index contributed by atoms with van der Waals surface area (Å²) in [6, 6.07) is 11.9. The lowest BCUT2D eigenvalue weighted by Gasteiger charge is -2.16. The molecule has 4 aromatic rings. The molecular formula is C31H35ClN6O4. The van der Waals surface area contributed by atoms with Crippen LogP contribution in [0.2, 0.25) is 5.02 Å². The quantitative estimate of drug-likeness (QED) is 0.208. The summed E-state index contributed by atoms with van der Waals surface area (Å²) in [5.74, 6) is 1.71. The molecule has 10 nitrogen and oxygen atoms in total. The Morgan fingerprint density at radius 2 is 1.79 bits per heavy atom. The van der Waals surface area contributed by atoms with Gasteiger partial charge in [0.05, 0.1) is 40.6 Å². The Hall–Kier alpha value is -4.31. The first kappa shape index (κ1) is 29.2. The monoisotopic (exact) mass is 590 g/mol. The molecule has 42 heavy (non-hydrogen) atoms. The van der Waals surface area contributed by atoms with Crippen molar-refractivity contribution in [2.45, 2.75) is 57.9 Å². The maximum absolute atomic E-state index is 13.0. The summed E-state index contributed by atoms with van der Waals surface area (Å²) in [7, 11) is 3.05. The first-order valence-corrected chi connectivity index (χ1v) is 14.3. The molecule has 1 aliphatic carbocycles. The van der Waals surface area contributed by atoms with Gasteiger partial charge in [0.2, 0.25) is 0 Å². The maximum atomic E-state index is 13.0. The predicted octanol–water partition coefficient (Wildman–Crippen LogP) is 7.30. The van der Waals surface area contributed by atoms with E-state index in [2.05, 4.69) is 41.7 Å². The van der Waals surface area contributed by atoms with Crippen molar-refractivity contribution in [3.05, 3.63) is 64.9 Å². The summed E-state index contributed by atoms with van der Waals surface area (Å²) in [5.41, 5.74) is 2.17. The number of halogens is 1. The number of amides is 3. The topological polar surface area (TPSA) is 119 Å². The van der Waals surface area contributed by atoms with Crippen molar-refractivity contribution in [3.8, 4) is 17.2 Å². The lowest BCUT2D eigenvalue weighted by atomic mass is 9.92. The van der Waals surface area contributed by atoms with Gasteiger partial charge in [-0.05, 0) is 37.1 Å². The minimum atomic E-state index is -0.416. The average molecular weight is 591 g/mol. The zero-order chi connectivity index (χ0) is 30.0. The largest absolute Gasteiger partial charge is 0.496 e. The van der Waals surface area contributed by atoms with E-state index in [0.717, 1.165) is 31.4 Å². The van der Waals surface area contributed by atoms with Gasteiger partial charge in [0.25, 0.3) is 5.91 Å². The van der Waals surface area contributed by atoms with Crippen molar-refractivity contribution in [1.29, 1.82) is 0 Å². The van der Waals surface area contributed by atoms with Crippen LogP contribution in [0.1, 0.15) is 68.5 Å². The van der Waals surface area contributed by atoms with E-state index < -0.39 is 6.03 Å². The number of ether oxygens (including phenoxy) is 2. The molecule has 0 spiro atoms. The molecule has 0 aliphatic heterocycles. The standard InChI is InChI=1S/C31H35ClN6O4/c1-31(2,3)27-17-28(38(37-27)18-8-6-7-9-18)36-30(40)35-23-11-10-19(14-22(23)32)42-25-12-13-34-24-16-26(41-5)21(15-20(24)25)29(39)33-4/h10-18H,6-9H2,1-5H3,(H,33,39)(H2,35,36,40). The van der Waals surface area contributed by atoms with Crippen LogP contribution in [0.3, 0.4) is 0 Å². The van der Waals surface area contributed by atoms with Crippen LogP contribution in [0.4, 0.5) is 16.3 Å². The van der Waals surface area contributed by atoms with Gasteiger partial charge in [-0.25, -0.2) is 9.48 Å². The van der Waals surface area contributed by atoms with E-state index >= 15 is 0 Å². The number of nitrogens with one attached hydrogen (secondary N) is 3. The van der Waals surface area contributed by atoms with E-state index in [4.69, 9.17) is 26.2 Å². The van der Waals surface area contributed by atoms with Gasteiger partial charge in [-0.1, -0.05) is 45.2 Å². The SMILES string of the molecule is CNC(=O)c1cc2c(Oc3ccc(NC(=O)Nc4cc(C(C)(C)C)nn4C4CCCC4)c(Cl)c3)ccnc2cc1OC. The van der Waals surface area contributed by atoms with Crippen molar-refractivity contribution in [3.63, 3.8) is 0 Å². The second-order valence-corrected chi connectivity index (χ2v) is 11.7. The number of anilines is 2. The number of pyridine rings is 1. The molecule has 0 atom stereocenters. The minimum absolute atomic E-state index is 0.147. The number of aromatic nitrogens is 3. The molecule has 5 rings (SSSR count). The minimum Gasteiger partial charge on any atom is -0.496 e. The Labute approximate surface area is 249 Å². The van der Waals surface area contributed by atoms with Gasteiger partial charge in [0.1, 0.15) is 23.1 Å². The molecule has 3 amide bonds. The first-order valence-electron chi connectivity index (χ1n) is 13.9. The Kier molecular flexibility index (Phi) is 8.27. The van der Waals surface area contributed by atoms with Gasteiger partial charge in [0, 0.05) is 42.2 Å². The Morgan fingerprint density at radius 1 is 1.02 bits per heavy atom. The molecule has 0 bridgehead atoms. The van der Waals surface area contributed by atoms with E-state index in [-0.39, 0.29) is 17.4 Å². The summed E-state index contributed by atoms with van der Waals surface area (Å²) in [6.45, 7) is 6.32. The maximum Gasteiger partial charge on any atom is 0.324 e. The van der Waals surface area contributed by atoms with E-state index in [1.807, 2.05) is 10.7 Å². The van der Waals surface area contributed by atoms with Crippen LogP contribution >= 0.6 is 11.6 Å². The number of fused-ring (bicyclic) bond motifs is 1.